The Balaban J connectivity index is 0.945. The molecule has 7 saturated carbocycles. The first kappa shape index (κ1) is 27.3. The second kappa shape index (κ2) is 9.58. The monoisotopic (exact) mass is 590 g/mol. The summed E-state index contributed by atoms with van der Waals surface area (Å²) in [4.78, 5) is 12.7. The Labute approximate surface area is 265 Å². The van der Waals surface area contributed by atoms with Gasteiger partial charge in [0.1, 0.15) is 6.29 Å². The van der Waals surface area contributed by atoms with E-state index in [0.717, 1.165) is 53.8 Å². The summed E-state index contributed by atoms with van der Waals surface area (Å²) < 4.78 is 0. The largest absolute Gasteiger partial charge is 0.379 e. The van der Waals surface area contributed by atoms with Crippen molar-refractivity contribution in [2.24, 2.45) is 82.2 Å². The minimum Gasteiger partial charge on any atom is -0.379 e. The van der Waals surface area contributed by atoms with Crippen molar-refractivity contribution >= 4 is 12.0 Å². The van der Waals surface area contributed by atoms with Crippen molar-refractivity contribution in [3.05, 3.63) is 54.1 Å². The molecule has 1 aromatic carbocycles. The van der Waals surface area contributed by atoms with Crippen LogP contribution in [0.2, 0.25) is 0 Å². The zero-order chi connectivity index (χ0) is 29.4. The lowest BCUT2D eigenvalue weighted by molar-refractivity contribution is -0.111. The minimum absolute atomic E-state index is 0.00646. The van der Waals surface area contributed by atoms with Gasteiger partial charge in [-0.05, 0) is 153 Å². The van der Waals surface area contributed by atoms with Crippen molar-refractivity contribution in [1.29, 1.82) is 0 Å². The molecule has 11 rings (SSSR count). The van der Waals surface area contributed by atoms with Crippen LogP contribution in [0.4, 0.5) is 5.69 Å². The summed E-state index contributed by atoms with van der Waals surface area (Å²) in [5.41, 5.74) is 11.9. The lowest BCUT2D eigenvalue weighted by Gasteiger charge is -2.44. The highest BCUT2D eigenvalue weighted by Crippen LogP contribution is 2.77. The first-order valence-corrected chi connectivity index (χ1v) is 19.0. The Morgan fingerprint density at radius 1 is 0.886 bits per heavy atom. The third-order valence-corrected chi connectivity index (χ3v) is 16.8. The molecule has 0 radical (unpaired) electrons. The maximum atomic E-state index is 12.7. The number of hydrogen-bond acceptors (Lipinski definition) is 3. The van der Waals surface area contributed by atoms with Gasteiger partial charge in [0.05, 0.1) is 6.04 Å². The van der Waals surface area contributed by atoms with Gasteiger partial charge >= 0.3 is 0 Å². The summed E-state index contributed by atoms with van der Waals surface area (Å²) >= 11 is 0. The summed E-state index contributed by atoms with van der Waals surface area (Å²) in [6, 6.07) is 8.94. The van der Waals surface area contributed by atoms with E-state index in [1.54, 1.807) is 11.1 Å². The van der Waals surface area contributed by atoms with E-state index in [1.807, 2.05) is 0 Å². The minimum atomic E-state index is -0.319. The van der Waals surface area contributed by atoms with Crippen molar-refractivity contribution in [2.45, 2.75) is 107 Å². The molecule has 1 aromatic rings. The topological polar surface area (TPSA) is 55.1 Å². The third kappa shape index (κ3) is 3.47. The molecule has 0 amide bonds. The predicted octanol–water partition coefficient (Wildman–Crippen LogP) is 8.52. The number of anilines is 1. The zero-order valence-electron chi connectivity index (χ0n) is 26.7. The van der Waals surface area contributed by atoms with Crippen LogP contribution in [-0.2, 0) is 4.79 Å². The molecule has 2 aliphatic heterocycles. The molecule has 10 aliphatic rings. The smallest absolute Gasteiger partial charge is 0.137 e. The molecule has 44 heavy (non-hydrogen) atoms. The summed E-state index contributed by atoms with van der Waals surface area (Å²) in [7, 11) is 0. The van der Waals surface area contributed by atoms with Gasteiger partial charge in [-0.25, -0.2) is 0 Å². The molecule has 1 spiro atoms. The van der Waals surface area contributed by atoms with Gasteiger partial charge in [-0.2, -0.15) is 0 Å². The van der Waals surface area contributed by atoms with Crippen LogP contribution in [0.15, 0.2) is 48.6 Å². The highest BCUT2D eigenvalue weighted by molar-refractivity contribution is 5.62. The highest BCUT2D eigenvalue weighted by atomic mass is 16.1. The molecule has 0 unspecified atom stereocenters. The first-order chi connectivity index (χ1) is 21.5. The van der Waals surface area contributed by atoms with Crippen LogP contribution in [0.3, 0.4) is 0 Å². The quantitative estimate of drug-likeness (QED) is 0.273. The molecule has 8 aliphatic carbocycles. The average Bonchev–Trinajstić information content (AvgIpc) is 3.48. The first-order valence-electron chi connectivity index (χ1n) is 19.0. The van der Waals surface area contributed by atoms with Crippen LogP contribution in [0.25, 0.3) is 0 Å². The van der Waals surface area contributed by atoms with Gasteiger partial charge < -0.3 is 15.8 Å². The van der Waals surface area contributed by atoms with Crippen LogP contribution in [0.1, 0.15) is 101 Å². The standard InChI is InChI=1S/C41H54N2O/c1-23-10-13-35-39(34-19-26(18-32(23)34)24-6-2-3-7-24)41(35,38(42)22-44)28-11-12-30-27(17-28)20-36-33(30)21-29-16-25-14-15-40(29,36)43-37-9-5-4-8-31(25)37/h4-5,8-9,11-12,22,24-30,32-36,38-39,43H,1-3,6-7,10,13-21,42H2/t25-,26+,27-,28-,29+,30-,32-,33-,34+,35+,36-,38+,39+,40-,41-/m1/s1. The Hall–Kier alpha value is -1.87. The second-order valence-corrected chi connectivity index (χ2v) is 17.8. The maximum Gasteiger partial charge on any atom is 0.137 e. The number of aldehydes is 1. The van der Waals surface area contributed by atoms with Crippen LogP contribution in [0.5, 0.6) is 0 Å². The molecular weight excluding hydrogens is 536 g/mol. The van der Waals surface area contributed by atoms with E-state index in [0.29, 0.717) is 35.1 Å². The summed E-state index contributed by atoms with van der Waals surface area (Å²) in [6.45, 7) is 4.69. The van der Waals surface area contributed by atoms with Crippen molar-refractivity contribution in [3.63, 3.8) is 0 Å². The van der Waals surface area contributed by atoms with Crippen molar-refractivity contribution in [3.8, 4) is 0 Å². The fraction of sp³-hybridized carbons (Fsp3) is 0.732. The summed E-state index contributed by atoms with van der Waals surface area (Å²) in [5.74, 6) is 9.60. The fourth-order valence-corrected chi connectivity index (χ4v) is 15.3. The van der Waals surface area contributed by atoms with Gasteiger partial charge in [-0.1, -0.05) is 68.2 Å². The van der Waals surface area contributed by atoms with E-state index in [1.165, 1.54) is 95.4 Å². The number of carbonyl (C=O) groups is 1. The van der Waals surface area contributed by atoms with E-state index < -0.39 is 0 Å². The second-order valence-electron chi connectivity index (χ2n) is 17.8. The van der Waals surface area contributed by atoms with Crippen molar-refractivity contribution < 1.29 is 4.79 Å². The van der Waals surface area contributed by atoms with Crippen molar-refractivity contribution in [1.82, 2.24) is 0 Å². The molecule has 0 saturated heterocycles. The normalized spacial score (nSPS) is 52.1. The maximum absolute atomic E-state index is 12.7. The van der Waals surface area contributed by atoms with Gasteiger partial charge in [-0.3, -0.25) is 0 Å². The molecule has 0 aromatic heterocycles. The zero-order valence-corrected chi connectivity index (χ0v) is 26.7. The number of carbonyl (C=O) groups excluding carboxylic acids is 1. The Bertz CT molecular complexity index is 1390. The number of nitrogens with two attached hydrogens (primary N) is 1. The molecule has 3 nitrogen and oxygen atoms in total. The number of benzene rings is 1. The van der Waals surface area contributed by atoms with Crippen LogP contribution in [0, 0.1) is 76.4 Å². The van der Waals surface area contributed by atoms with Crippen LogP contribution >= 0.6 is 0 Å². The van der Waals surface area contributed by atoms with E-state index in [2.05, 4.69) is 48.3 Å². The Morgan fingerprint density at radius 3 is 2.61 bits per heavy atom. The third-order valence-electron chi connectivity index (χ3n) is 16.8. The number of rotatable bonds is 4. The number of hydrogen-bond donors (Lipinski definition) is 2. The molecule has 2 bridgehead atoms. The lowest BCUT2D eigenvalue weighted by atomic mass is 9.65. The number of allylic oxidation sites excluding steroid dienone is 3. The molecule has 7 fully saturated rings. The molecule has 3 N–H and O–H groups in total. The predicted molar refractivity (Wildman–Crippen MR) is 177 cm³/mol. The van der Waals surface area contributed by atoms with E-state index >= 15 is 0 Å². The SMILES string of the molecule is C=C1CC[C@H]2[C@H]([C@H]3C[C@@H](C4CCCC4)C[C@H]13)[C@@]2([C@@H]1C=C[C@@H]2[C@@H](C[C@@H]3[C@@H]2C[C@@H]2C[C@H]4CC[C@@]23Nc2ccccc24)C1)[C@@H](N)C=O. The highest BCUT2D eigenvalue weighted by Gasteiger charge is 2.74. The number of nitrogens with one attached hydrogen (secondary N) is 1. The van der Waals surface area contributed by atoms with Crippen molar-refractivity contribution in [2.75, 3.05) is 5.32 Å². The van der Waals surface area contributed by atoms with Crippen LogP contribution < -0.4 is 11.1 Å². The van der Waals surface area contributed by atoms with Gasteiger partial charge in [-0.15, -0.1) is 0 Å². The van der Waals surface area contributed by atoms with E-state index in [9.17, 15) is 4.79 Å². The molecule has 3 heteroatoms. The average molecular weight is 591 g/mol. The van der Waals surface area contributed by atoms with Gasteiger partial charge in [0.2, 0.25) is 0 Å². The van der Waals surface area contributed by atoms with E-state index in [4.69, 9.17) is 5.73 Å². The summed E-state index contributed by atoms with van der Waals surface area (Å²) in [6.07, 6.45) is 25.6. The van der Waals surface area contributed by atoms with E-state index in [-0.39, 0.29) is 11.5 Å². The Morgan fingerprint density at radius 2 is 1.75 bits per heavy atom. The van der Waals surface area contributed by atoms with Crippen LogP contribution in [-0.4, -0.2) is 17.9 Å². The van der Waals surface area contributed by atoms with Gasteiger partial charge in [0.15, 0.2) is 0 Å². The van der Waals surface area contributed by atoms with Gasteiger partial charge in [0.25, 0.3) is 0 Å². The molecule has 2 heterocycles. The molecule has 234 valence electrons. The van der Waals surface area contributed by atoms with Gasteiger partial charge in [0, 0.05) is 16.6 Å². The number of para-hydroxylation sites is 1. The molecule has 15 atom stereocenters. The molecular formula is C41H54N2O. The Kier molecular flexibility index (Phi) is 5.94. The summed E-state index contributed by atoms with van der Waals surface area (Å²) in [5, 5.41) is 4.29. The lowest BCUT2D eigenvalue weighted by Crippen LogP contribution is -2.49. The fourth-order valence-electron chi connectivity index (χ4n) is 15.3. The number of fused-ring (bicyclic) bond motifs is 7.